The highest BCUT2D eigenvalue weighted by molar-refractivity contribution is 5.97. The Morgan fingerprint density at radius 2 is 2.06 bits per heavy atom. The van der Waals surface area contributed by atoms with Crippen molar-refractivity contribution in [1.29, 1.82) is 0 Å². The van der Waals surface area contributed by atoms with Crippen LogP contribution in [0.4, 0.5) is 0 Å². The van der Waals surface area contributed by atoms with Crippen molar-refractivity contribution in [3.63, 3.8) is 0 Å². The Labute approximate surface area is 108 Å². The monoisotopic (exact) mass is 253 g/mol. The highest BCUT2D eigenvalue weighted by Gasteiger charge is 2.29. The number of hydrogen-bond acceptors (Lipinski definition) is 4. The normalized spacial score (nSPS) is 29.1. The maximum Gasteiger partial charge on any atom is 0.243 e. The van der Waals surface area contributed by atoms with Crippen LogP contribution >= 0.6 is 0 Å². The first kappa shape index (κ1) is 13.5. The van der Waals surface area contributed by atoms with Crippen LogP contribution < -0.4 is 5.73 Å². The molecule has 2 rings (SSSR count). The van der Waals surface area contributed by atoms with Gasteiger partial charge in [-0.2, -0.15) is 0 Å². The van der Waals surface area contributed by atoms with Crippen LogP contribution in [-0.4, -0.2) is 53.8 Å². The van der Waals surface area contributed by atoms with Crippen molar-refractivity contribution in [3.05, 3.63) is 0 Å². The van der Waals surface area contributed by atoms with E-state index in [9.17, 15) is 9.59 Å². The third-order valence-corrected chi connectivity index (χ3v) is 4.12. The molecule has 2 fully saturated rings. The highest BCUT2D eigenvalue weighted by atomic mass is 16.2. The molecule has 0 aromatic rings. The number of imide groups is 1. The van der Waals surface area contributed by atoms with E-state index in [1.807, 2.05) is 7.05 Å². The van der Waals surface area contributed by atoms with Crippen LogP contribution in [0.15, 0.2) is 0 Å². The zero-order valence-electron chi connectivity index (χ0n) is 11.1. The summed E-state index contributed by atoms with van der Waals surface area (Å²) in [5, 5.41) is 0. The van der Waals surface area contributed by atoms with Gasteiger partial charge in [-0.3, -0.25) is 19.4 Å². The largest absolute Gasteiger partial charge is 0.328 e. The molecule has 5 nitrogen and oxygen atoms in total. The number of likely N-dealkylation sites (tertiary alicyclic amines) is 1. The fourth-order valence-corrected chi connectivity index (χ4v) is 2.88. The van der Waals surface area contributed by atoms with Crippen molar-refractivity contribution in [3.8, 4) is 0 Å². The third kappa shape index (κ3) is 3.09. The van der Waals surface area contributed by atoms with Crippen LogP contribution in [0.3, 0.4) is 0 Å². The van der Waals surface area contributed by atoms with Gasteiger partial charge in [-0.15, -0.1) is 0 Å². The molecule has 0 aromatic carbocycles. The molecular weight excluding hydrogens is 230 g/mol. The van der Waals surface area contributed by atoms with Crippen LogP contribution in [0.2, 0.25) is 0 Å². The molecule has 1 aliphatic heterocycles. The number of rotatable bonds is 3. The Morgan fingerprint density at radius 3 is 2.61 bits per heavy atom. The molecule has 5 heteroatoms. The Balaban J connectivity index is 1.81. The number of carbonyl (C=O) groups is 2. The summed E-state index contributed by atoms with van der Waals surface area (Å²) >= 11 is 0. The van der Waals surface area contributed by atoms with Gasteiger partial charge < -0.3 is 5.73 Å². The molecule has 1 saturated carbocycles. The summed E-state index contributed by atoms with van der Waals surface area (Å²) in [4.78, 5) is 27.0. The predicted octanol–water partition coefficient (Wildman–Crippen LogP) is 0.337. The Morgan fingerprint density at radius 1 is 1.39 bits per heavy atom. The molecular formula is C13H23N3O2. The van der Waals surface area contributed by atoms with Crippen molar-refractivity contribution in [2.75, 3.05) is 20.1 Å². The molecule has 0 radical (unpaired) electrons. The van der Waals surface area contributed by atoms with E-state index in [1.54, 1.807) is 0 Å². The van der Waals surface area contributed by atoms with Gasteiger partial charge in [0, 0.05) is 25.0 Å². The minimum absolute atomic E-state index is 0.0148. The topological polar surface area (TPSA) is 66.6 Å². The smallest absolute Gasteiger partial charge is 0.243 e. The van der Waals surface area contributed by atoms with Crippen molar-refractivity contribution >= 4 is 11.8 Å². The molecule has 0 atom stereocenters. The Hall–Kier alpha value is -0.940. The first-order chi connectivity index (χ1) is 8.58. The number of nitrogens with two attached hydrogens (primary N) is 1. The third-order valence-electron chi connectivity index (χ3n) is 4.12. The number of likely N-dealkylation sites (N-methyl/N-ethyl adjacent to an activating group) is 1. The van der Waals surface area contributed by atoms with Gasteiger partial charge in [0.2, 0.25) is 11.8 Å². The lowest BCUT2D eigenvalue weighted by molar-refractivity contribution is -0.142. The van der Waals surface area contributed by atoms with Crippen molar-refractivity contribution < 1.29 is 9.59 Å². The number of amides is 2. The predicted molar refractivity (Wildman–Crippen MR) is 68.8 cm³/mol. The fourth-order valence-electron chi connectivity index (χ4n) is 2.88. The second-order valence-electron chi connectivity index (χ2n) is 5.53. The van der Waals surface area contributed by atoms with Crippen LogP contribution in [0.1, 0.15) is 38.5 Å². The minimum Gasteiger partial charge on any atom is -0.328 e. The Kier molecular flexibility index (Phi) is 4.35. The maximum atomic E-state index is 12.0. The van der Waals surface area contributed by atoms with Crippen LogP contribution in [0.5, 0.6) is 0 Å². The molecule has 0 bridgehead atoms. The lowest BCUT2D eigenvalue weighted by atomic mass is 9.91. The number of carbonyl (C=O) groups excluding carboxylic acids is 2. The standard InChI is InChI=1S/C13H23N3O2/c1-15(11-6-4-10(14)5-7-11)9-13(18)16-8-2-3-12(16)17/h10-11H,2-9,14H2,1H3. The second kappa shape index (κ2) is 5.80. The quantitative estimate of drug-likeness (QED) is 0.787. The molecule has 102 valence electrons. The number of hydrogen-bond donors (Lipinski definition) is 1. The van der Waals surface area contributed by atoms with E-state index in [0.717, 1.165) is 32.1 Å². The summed E-state index contributed by atoms with van der Waals surface area (Å²) in [5.41, 5.74) is 5.88. The first-order valence-corrected chi connectivity index (χ1v) is 6.87. The van der Waals surface area contributed by atoms with Gasteiger partial charge in [-0.05, 0) is 39.2 Å². The summed E-state index contributed by atoms with van der Waals surface area (Å²) in [7, 11) is 1.97. The van der Waals surface area contributed by atoms with Gasteiger partial charge >= 0.3 is 0 Å². The van der Waals surface area contributed by atoms with Gasteiger partial charge in [0.25, 0.3) is 0 Å². The van der Waals surface area contributed by atoms with Gasteiger partial charge in [-0.25, -0.2) is 0 Å². The van der Waals surface area contributed by atoms with Crippen LogP contribution in [0, 0.1) is 0 Å². The Bertz CT molecular complexity index is 324. The highest BCUT2D eigenvalue weighted by Crippen LogP contribution is 2.21. The summed E-state index contributed by atoms with van der Waals surface area (Å²) in [6, 6.07) is 0.761. The van der Waals surface area contributed by atoms with E-state index in [1.165, 1.54) is 4.90 Å². The lowest BCUT2D eigenvalue weighted by Crippen LogP contribution is -2.45. The van der Waals surface area contributed by atoms with Crippen LogP contribution in [-0.2, 0) is 9.59 Å². The zero-order valence-corrected chi connectivity index (χ0v) is 11.1. The summed E-state index contributed by atoms with van der Waals surface area (Å²) in [6.07, 6.45) is 5.51. The number of nitrogens with zero attached hydrogens (tertiary/aromatic N) is 2. The second-order valence-corrected chi connectivity index (χ2v) is 5.53. The lowest BCUT2D eigenvalue weighted by Gasteiger charge is -2.33. The molecule has 1 saturated heterocycles. The van der Waals surface area contributed by atoms with E-state index in [4.69, 9.17) is 5.73 Å². The summed E-state index contributed by atoms with van der Waals surface area (Å²) < 4.78 is 0. The molecule has 1 heterocycles. The molecule has 2 aliphatic rings. The van der Waals surface area contributed by atoms with Crippen LogP contribution in [0.25, 0.3) is 0 Å². The SMILES string of the molecule is CN(CC(=O)N1CCCC1=O)C1CCC(N)CC1. The molecule has 18 heavy (non-hydrogen) atoms. The summed E-state index contributed by atoms with van der Waals surface area (Å²) in [6.45, 7) is 0.951. The van der Waals surface area contributed by atoms with Gasteiger partial charge in [0.1, 0.15) is 0 Å². The van der Waals surface area contributed by atoms with Gasteiger partial charge in [-0.1, -0.05) is 0 Å². The van der Waals surface area contributed by atoms with Crippen molar-refractivity contribution in [2.45, 2.75) is 50.6 Å². The molecule has 2 amide bonds. The average molecular weight is 253 g/mol. The fraction of sp³-hybridized carbons (Fsp3) is 0.846. The zero-order chi connectivity index (χ0) is 13.1. The molecule has 1 aliphatic carbocycles. The minimum atomic E-state index is -0.0464. The molecule has 0 aromatic heterocycles. The first-order valence-electron chi connectivity index (χ1n) is 6.87. The van der Waals surface area contributed by atoms with Crippen molar-refractivity contribution in [1.82, 2.24) is 9.80 Å². The maximum absolute atomic E-state index is 12.0. The average Bonchev–Trinajstić information content (AvgIpc) is 2.76. The summed E-state index contributed by atoms with van der Waals surface area (Å²) in [5.74, 6) is -0.0612. The van der Waals surface area contributed by atoms with E-state index < -0.39 is 0 Å². The van der Waals surface area contributed by atoms with Crippen molar-refractivity contribution in [2.24, 2.45) is 5.73 Å². The molecule has 0 unspecified atom stereocenters. The molecule has 0 spiro atoms. The van der Waals surface area contributed by atoms with E-state index in [-0.39, 0.29) is 11.8 Å². The van der Waals surface area contributed by atoms with E-state index >= 15 is 0 Å². The molecule has 2 N–H and O–H groups in total. The van der Waals surface area contributed by atoms with E-state index in [0.29, 0.717) is 31.6 Å². The van der Waals surface area contributed by atoms with E-state index in [2.05, 4.69) is 4.90 Å². The van der Waals surface area contributed by atoms with Gasteiger partial charge in [0.05, 0.1) is 6.54 Å². The van der Waals surface area contributed by atoms with Gasteiger partial charge in [0.15, 0.2) is 0 Å².